The first kappa shape index (κ1) is 12.7. The Morgan fingerprint density at radius 1 is 1.62 bits per heavy atom. The van der Waals surface area contributed by atoms with Crippen molar-refractivity contribution < 1.29 is 9.53 Å². The third kappa shape index (κ3) is 2.60. The second-order valence-electron chi connectivity index (χ2n) is 3.03. The van der Waals surface area contributed by atoms with Gasteiger partial charge in [-0.25, -0.2) is 4.79 Å². The van der Waals surface area contributed by atoms with Crippen LogP contribution in [-0.4, -0.2) is 12.6 Å². The SMILES string of the molecule is CCOC(=O)c1cc(Br)c(C#N)cc1CN. The van der Waals surface area contributed by atoms with Gasteiger partial charge in [0.1, 0.15) is 6.07 Å². The number of esters is 1. The molecule has 16 heavy (non-hydrogen) atoms. The topological polar surface area (TPSA) is 76.1 Å². The van der Waals surface area contributed by atoms with E-state index in [-0.39, 0.29) is 6.54 Å². The molecule has 4 nitrogen and oxygen atoms in total. The molecule has 0 bridgehead atoms. The molecule has 0 spiro atoms. The van der Waals surface area contributed by atoms with Gasteiger partial charge >= 0.3 is 5.97 Å². The molecule has 1 aromatic rings. The molecule has 0 saturated heterocycles. The van der Waals surface area contributed by atoms with Crippen molar-refractivity contribution in [1.82, 2.24) is 0 Å². The molecule has 0 aliphatic carbocycles. The van der Waals surface area contributed by atoms with Crippen molar-refractivity contribution in [2.75, 3.05) is 6.61 Å². The Hall–Kier alpha value is -1.38. The van der Waals surface area contributed by atoms with Crippen molar-refractivity contribution >= 4 is 21.9 Å². The lowest BCUT2D eigenvalue weighted by Crippen LogP contribution is -2.11. The van der Waals surface area contributed by atoms with Gasteiger partial charge in [0.25, 0.3) is 0 Å². The van der Waals surface area contributed by atoms with E-state index in [1.165, 1.54) is 0 Å². The molecule has 0 atom stereocenters. The van der Waals surface area contributed by atoms with Gasteiger partial charge in [0.15, 0.2) is 0 Å². The van der Waals surface area contributed by atoms with Crippen LogP contribution in [0, 0.1) is 11.3 Å². The van der Waals surface area contributed by atoms with Gasteiger partial charge < -0.3 is 10.5 Å². The maximum absolute atomic E-state index is 11.6. The van der Waals surface area contributed by atoms with Crippen LogP contribution in [-0.2, 0) is 11.3 Å². The van der Waals surface area contributed by atoms with Crippen LogP contribution >= 0.6 is 15.9 Å². The predicted molar refractivity (Wildman–Crippen MR) is 62.7 cm³/mol. The molecule has 1 rings (SSSR count). The molecule has 84 valence electrons. The van der Waals surface area contributed by atoms with E-state index in [0.29, 0.717) is 27.8 Å². The number of nitrogens with two attached hydrogens (primary N) is 1. The van der Waals surface area contributed by atoms with E-state index in [2.05, 4.69) is 15.9 Å². The smallest absolute Gasteiger partial charge is 0.338 e. The first-order valence-corrected chi connectivity index (χ1v) is 5.53. The van der Waals surface area contributed by atoms with Crippen LogP contribution in [0.5, 0.6) is 0 Å². The molecule has 0 fully saturated rings. The molecule has 5 heteroatoms. The molecular weight excluding hydrogens is 272 g/mol. The number of carbonyl (C=O) groups excluding carboxylic acids is 1. The van der Waals surface area contributed by atoms with Crippen LogP contribution in [0.25, 0.3) is 0 Å². The molecule has 0 aliphatic rings. The zero-order valence-corrected chi connectivity index (χ0v) is 10.4. The van der Waals surface area contributed by atoms with Gasteiger partial charge in [-0.2, -0.15) is 5.26 Å². The van der Waals surface area contributed by atoms with Crippen LogP contribution in [0.3, 0.4) is 0 Å². The van der Waals surface area contributed by atoms with Crippen molar-refractivity contribution in [3.8, 4) is 6.07 Å². The average Bonchev–Trinajstić information content (AvgIpc) is 2.29. The zero-order valence-electron chi connectivity index (χ0n) is 8.79. The molecule has 0 aliphatic heterocycles. The number of carbonyl (C=O) groups is 1. The largest absolute Gasteiger partial charge is 0.462 e. The molecule has 2 N–H and O–H groups in total. The summed E-state index contributed by atoms with van der Waals surface area (Å²) in [4.78, 5) is 11.6. The number of nitriles is 1. The van der Waals surface area contributed by atoms with E-state index in [1.807, 2.05) is 6.07 Å². The van der Waals surface area contributed by atoms with Crippen LogP contribution in [0.15, 0.2) is 16.6 Å². The average molecular weight is 283 g/mol. The Morgan fingerprint density at radius 3 is 2.81 bits per heavy atom. The Kier molecular flexibility index (Phi) is 4.47. The number of halogens is 1. The fourth-order valence-electron chi connectivity index (χ4n) is 1.27. The minimum Gasteiger partial charge on any atom is -0.462 e. The standard InChI is InChI=1S/C11H11BrN2O2/c1-2-16-11(15)9-4-10(12)8(6-14)3-7(9)5-13/h3-4H,2,5,13H2,1H3. The summed E-state index contributed by atoms with van der Waals surface area (Å²) in [6.07, 6.45) is 0. The molecule has 0 amide bonds. The van der Waals surface area contributed by atoms with Crippen LogP contribution in [0.1, 0.15) is 28.4 Å². The van der Waals surface area contributed by atoms with Gasteiger partial charge in [0.2, 0.25) is 0 Å². The number of hydrogen-bond donors (Lipinski definition) is 1. The lowest BCUT2D eigenvalue weighted by molar-refractivity contribution is 0.0525. The Labute approximate surface area is 102 Å². The fourth-order valence-corrected chi connectivity index (χ4v) is 1.70. The summed E-state index contributed by atoms with van der Waals surface area (Å²) >= 11 is 3.22. The second kappa shape index (κ2) is 5.64. The zero-order chi connectivity index (χ0) is 12.1. The maximum Gasteiger partial charge on any atom is 0.338 e. The van der Waals surface area contributed by atoms with E-state index in [0.717, 1.165) is 0 Å². The molecule has 0 heterocycles. The highest BCUT2D eigenvalue weighted by Crippen LogP contribution is 2.22. The number of nitrogens with zero attached hydrogens (tertiary/aromatic N) is 1. The molecule has 0 radical (unpaired) electrons. The Balaban J connectivity index is 3.24. The van der Waals surface area contributed by atoms with Gasteiger partial charge in [-0.1, -0.05) is 0 Å². The summed E-state index contributed by atoms with van der Waals surface area (Å²) in [5, 5.41) is 8.83. The highest BCUT2D eigenvalue weighted by molar-refractivity contribution is 9.10. The van der Waals surface area contributed by atoms with Crippen molar-refractivity contribution in [2.45, 2.75) is 13.5 Å². The third-order valence-corrected chi connectivity index (χ3v) is 2.68. The van der Waals surface area contributed by atoms with Crippen molar-refractivity contribution in [1.29, 1.82) is 5.26 Å². The lowest BCUT2D eigenvalue weighted by Gasteiger charge is -2.08. The highest BCUT2D eigenvalue weighted by Gasteiger charge is 2.14. The first-order chi connectivity index (χ1) is 7.63. The van der Waals surface area contributed by atoms with Crippen LogP contribution < -0.4 is 5.73 Å². The predicted octanol–water partition coefficient (Wildman–Crippen LogP) is 1.96. The van der Waals surface area contributed by atoms with Gasteiger partial charge in [-0.05, 0) is 40.5 Å². The molecule has 1 aromatic carbocycles. The van der Waals surface area contributed by atoms with Crippen molar-refractivity contribution in [2.24, 2.45) is 5.73 Å². The van der Waals surface area contributed by atoms with Crippen molar-refractivity contribution in [3.05, 3.63) is 33.3 Å². The van der Waals surface area contributed by atoms with Gasteiger partial charge in [0, 0.05) is 11.0 Å². The number of hydrogen-bond acceptors (Lipinski definition) is 4. The first-order valence-electron chi connectivity index (χ1n) is 4.73. The van der Waals surface area contributed by atoms with E-state index >= 15 is 0 Å². The summed E-state index contributed by atoms with van der Waals surface area (Å²) in [5.74, 6) is -0.423. The third-order valence-electron chi connectivity index (χ3n) is 2.03. The number of rotatable bonds is 3. The monoisotopic (exact) mass is 282 g/mol. The molecular formula is C11H11BrN2O2. The molecule has 0 saturated carbocycles. The van der Waals surface area contributed by atoms with Gasteiger partial charge in [-0.15, -0.1) is 0 Å². The maximum atomic E-state index is 11.6. The lowest BCUT2D eigenvalue weighted by atomic mass is 10.0. The number of benzene rings is 1. The summed E-state index contributed by atoms with van der Waals surface area (Å²) in [7, 11) is 0. The Morgan fingerprint density at radius 2 is 2.31 bits per heavy atom. The molecule has 0 aromatic heterocycles. The highest BCUT2D eigenvalue weighted by atomic mass is 79.9. The quantitative estimate of drug-likeness (QED) is 0.860. The summed E-state index contributed by atoms with van der Waals surface area (Å²) in [5.41, 5.74) is 6.99. The van der Waals surface area contributed by atoms with E-state index < -0.39 is 5.97 Å². The van der Waals surface area contributed by atoms with Crippen LogP contribution in [0.2, 0.25) is 0 Å². The van der Waals surface area contributed by atoms with E-state index in [9.17, 15) is 4.79 Å². The second-order valence-corrected chi connectivity index (χ2v) is 3.88. The van der Waals surface area contributed by atoms with E-state index in [1.54, 1.807) is 19.1 Å². The summed E-state index contributed by atoms with van der Waals surface area (Å²) in [6, 6.07) is 5.18. The summed E-state index contributed by atoms with van der Waals surface area (Å²) < 4.78 is 5.47. The fraction of sp³-hybridized carbons (Fsp3) is 0.273. The minimum atomic E-state index is -0.423. The summed E-state index contributed by atoms with van der Waals surface area (Å²) in [6.45, 7) is 2.23. The normalized spacial score (nSPS) is 9.62. The van der Waals surface area contributed by atoms with Crippen LogP contribution in [0.4, 0.5) is 0 Å². The minimum absolute atomic E-state index is 0.191. The van der Waals surface area contributed by atoms with Gasteiger partial charge in [-0.3, -0.25) is 0 Å². The van der Waals surface area contributed by atoms with Gasteiger partial charge in [0.05, 0.1) is 17.7 Å². The number of ether oxygens (including phenoxy) is 1. The Bertz CT molecular complexity index is 452. The van der Waals surface area contributed by atoms with Crippen molar-refractivity contribution in [3.63, 3.8) is 0 Å². The molecule has 0 unspecified atom stereocenters. The van der Waals surface area contributed by atoms with E-state index in [4.69, 9.17) is 15.7 Å².